The molecule has 1 heterocycles. The van der Waals surface area contributed by atoms with E-state index in [4.69, 9.17) is 12.2 Å². The Labute approximate surface area is 134 Å². The average Bonchev–Trinajstić information content (AvgIpc) is 3.14. The fraction of sp³-hybridized carbons (Fsp3) is 0.375. The van der Waals surface area contributed by atoms with Crippen molar-refractivity contribution in [2.75, 3.05) is 5.32 Å². The maximum atomic E-state index is 13.6. The molecule has 0 spiro atoms. The van der Waals surface area contributed by atoms with Crippen LogP contribution in [0.3, 0.4) is 0 Å². The van der Waals surface area contributed by atoms with Crippen molar-refractivity contribution < 1.29 is 4.39 Å². The third-order valence-corrected chi connectivity index (χ3v) is 4.08. The largest absolute Gasteiger partial charge is 0.360 e. The van der Waals surface area contributed by atoms with Crippen LogP contribution in [0.15, 0.2) is 36.5 Å². The topological polar surface area (TPSA) is 41.9 Å². The third-order valence-electron chi connectivity index (χ3n) is 3.86. The van der Waals surface area contributed by atoms with Gasteiger partial charge in [-0.25, -0.2) is 4.39 Å². The van der Waals surface area contributed by atoms with Crippen molar-refractivity contribution in [1.82, 2.24) is 15.1 Å². The van der Waals surface area contributed by atoms with Gasteiger partial charge >= 0.3 is 0 Å². The molecule has 6 heteroatoms. The molecule has 0 bridgehead atoms. The summed E-state index contributed by atoms with van der Waals surface area (Å²) in [6, 6.07) is 9.03. The zero-order valence-corrected chi connectivity index (χ0v) is 13.1. The summed E-state index contributed by atoms with van der Waals surface area (Å²) in [5.41, 5.74) is 0.615. The van der Waals surface area contributed by atoms with Crippen molar-refractivity contribution in [2.24, 2.45) is 0 Å². The van der Waals surface area contributed by atoms with Crippen molar-refractivity contribution >= 4 is 23.1 Å². The second kappa shape index (κ2) is 6.87. The van der Waals surface area contributed by atoms with Crippen LogP contribution in [0.25, 0.3) is 0 Å². The van der Waals surface area contributed by atoms with E-state index in [9.17, 15) is 4.39 Å². The molecule has 0 unspecified atom stereocenters. The van der Waals surface area contributed by atoms with Crippen LogP contribution in [0, 0.1) is 5.82 Å². The van der Waals surface area contributed by atoms with Gasteiger partial charge in [-0.1, -0.05) is 31.0 Å². The summed E-state index contributed by atoms with van der Waals surface area (Å²) in [6.45, 7) is 0.400. The maximum Gasteiger partial charge on any atom is 0.172 e. The number of thiocarbonyl (C=S) groups is 1. The van der Waals surface area contributed by atoms with Gasteiger partial charge in [-0.15, -0.1) is 0 Å². The Morgan fingerprint density at radius 2 is 2.05 bits per heavy atom. The van der Waals surface area contributed by atoms with Crippen LogP contribution in [0.1, 0.15) is 31.2 Å². The lowest BCUT2D eigenvalue weighted by molar-refractivity contribution is 0.585. The molecule has 1 aliphatic carbocycles. The lowest BCUT2D eigenvalue weighted by Crippen LogP contribution is -2.36. The molecule has 0 aliphatic heterocycles. The van der Waals surface area contributed by atoms with Crippen LogP contribution in [0.5, 0.6) is 0 Å². The predicted molar refractivity (Wildman–Crippen MR) is 89.3 cm³/mol. The standard InChI is InChI=1S/C16H19FN4S/c17-14-8-4-1-5-12(14)11-21-10-9-15(20-21)19-16(22)18-13-6-2-3-7-13/h1,4-5,8-10,13H,2-3,6-7,11H2,(H2,18,19,20,22). The van der Waals surface area contributed by atoms with Gasteiger partial charge in [-0.2, -0.15) is 5.10 Å². The smallest absolute Gasteiger partial charge is 0.172 e. The van der Waals surface area contributed by atoms with Crippen molar-refractivity contribution in [2.45, 2.75) is 38.3 Å². The molecule has 22 heavy (non-hydrogen) atoms. The number of rotatable bonds is 4. The summed E-state index contributed by atoms with van der Waals surface area (Å²) in [5, 5.41) is 11.4. The second-order valence-corrected chi connectivity index (χ2v) is 5.98. The summed E-state index contributed by atoms with van der Waals surface area (Å²) >= 11 is 5.30. The highest BCUT2D eigenvalue weighted by molar-refractivity contribution is 7.80. The van der Waals surface area contributed by atoms with E-state index in [0.717, 1.165) is 0 Å². The van der Waals surface area contributed by atoms with E-state index in [-0.39, 0.29) is 5.82 Å². The van der Waals surface area contributed by atoms with Gasteiger partial charge in [0.05, 0.1) is 6.54 Å². The summed E-state index contributed by atoms with van der Waals surface area (Å²) in [6.07, 6.45) is 6.68. The molecule has 1 aromatic carbocycles. The fourth-order valence-corrected chi connectivity index (χ4v) is 3.00. The SMILES string of the molecule is Fc1ccccc1Cn1ccc(NC(=S)NC2CCCC2)n1. The second-order valence-electron chi connectivity index (χ2n) is 5.57. The van der Waals surface area contributed by atoms with Gasteiger partial charge in [0.15, 0.2) is 10.9 Å². The van der Waals surface area contributed by atoms with E-state index >= 15 is 0 Å². The van der Waals surface area contributed by atoms with Gasteiger partial charge in [0.2, 0.25) is 0 Å². The van der Waals surface area contributed by atoms with Gasteiger partial charge in [0.25, 0.3) is 0 Å². The molecule has 2 aromatic rings. The van der Waals surface area contributed by atoms with Crippen LogP contribution in [-0.4, -0.2) is 20.9 Å². The highest BCUT2D eigenvalue weighted by atomic mass is 32.1. The molecule has 0 atom stereocenters. The van der Waals surface area contributed by atoms with Gasteiger partial charge in [-0.3, -0.25) is 4.68 Å². The Morgan fingerprint density at radius 1 is 1.27 bits per heavy atom. The Balaban J connectivity index is 1.56. The number of aromatic nitrogens is 2. The average molecular weight is 318 g/mol. The van der Waals surface area contributed by atoms with E-state index in [2.05, 4.69) is 15.7 Å². The first-order valence-electron chi connectivity index (χ1n) is 7.55. The third kappa shape index (κ3) is 3.82. The number of halogens is 1. The van der Waals surface area contributed by atoms with Crippen molar-refractivity contribution in [3.8, 4) is 0 Å². The lowest BCUT2D eigenvalue weighted by Gasteiger charge is -2.14. The van der Waals surface area contributed by atoms with Crippen molar-refractivity contribution in [1.29, 1.82) is 0 Å². The highest BCUT2D eigenvalue weighted by Gasteiger charge is 2.15. The normalized spacial score (nSPS) is 15.0. The molecule has 1 fully saturated rings. The molecular weight excluding hydrogens is 299 g/mol. The Kier molecular flexibility index (Phi) is 4.68. The maximum absolute atomic E-state index is 13.6. The minimum absolute atomic E-state index is 0.217. The summed E-state index contributed by atoms with van der Waals surface area (Å²) in [7, 11) is 0. The molecule has 0 radical (unpaired) electrons. The van der Waals surface area contributed by atoms with Crippen LogP contribution in [0.2, 0.25) is 0 Å². The monoisotopic (exact) mass is 318 g/mol. The number of nitrogens with zero attached hydrogens (tertiary/aromatic N) is 2. The molecule has 116 valence electrons. The number of hydrogen-bond acceptors (Lipinski definition) is 2. The quantitative estimate of drug-likeness (QED) is 0.849. The molecule has 1 aromatic heterocycles. The molecule has 1 saturated carbocycles. The van der Waals surface area contributed by atoms with Gasteiger partial charge < -0.3 is 10.6 Å². The summed E-state index contributed by atoms with van der Waals surface area (Å²) in [5.74, 6) is 0.456. The molecule has 2 N–H and O–H groups in total. The van der Waals surface area contributed by atoms with E-state index in [0.29, 0.717) is 29.1 Å². The first-order chi connectivity index (χ1) is 10.7. The Bertz CT molecular complexity index is 649. The van der Waals surface area contributed by atoms with E-state index in [1.165, 1.54) is 31.7 Å². The Hall–Kier alpha value is -1.95. The van der Waals surface area contributed by atoms with Crippen molar-refractivity contribution in [3.63, 3.8) is 0 Å². The van der Waals surface area contributed by atoms with Crippen LogP contribution in [-0.2, 0) is 6.54 Å². The van der Waals surface area contributed by atoms with Crippen LogP contribution in [0.4, 0.5) is 10.2 Å². The van der Waals surface area contributed by atoms with E-state index < -0.39 is 0 Å². The highest BCUT2D eigenvalue weighted by Crippen LogP contribution is 2.17. The molecule has 0 saturated heterocycles. The first kappa shape index (κ1) is 15.0. The molecule has 0 amide bonds. The molecule has 4 nitrogen and oxygen atoms in total. The summed E-state index contributed by atoms with van der Waals surface area (Å²) in [4.78, 5) is 0. The molecule has 3 rings (SSSR count). The van der Waals surface area contributed by atoms with Crippen LogP contribution < -0.4 is 10.6 Å². The van der Waals surface area contributed by atoms with Gasteiger partial charge in [0.1, 0.15) is 5.82 Å². The van der Waals surface area contributed by atoms with Gasteiger partial charge in [0, 0.05) is 23.9 Å². The number of hydrogen-bond donors (Lipinski definition) is 2. The zero-order chi connectivity index (χ0) is 15.4. The zero-order valence-electron chi connectivity index (χ0n) is 12.3. The number of benzene rings is 1. The van der Waals surface area contributed by atoms with E-state index in [1.807, 2.05) is 18.3 Å². The number of nitrogens with one attached hydrogen (secondary N) is 2. The first-order valence-corrected chi connectivity index (χ1v) is 7.96. The predicted octanol–water partition coefficient (Wildman–Crippen LogP) is 3.30. The minimum atomic E-state index is -0.217. The lowest BCUT2D eigenvalue weighted by atomic mass is 10.2. The fourth-order valence-electron chi connectivity index (χ4n) is 2.73. The van der Waals surface area contributed by atoms with Gasteiger partial charge in [-0.05, 0) is 31.1 Å². The molecule has 1 aliphatic rings. The summed E-state index contributed by atoms with van der Waals surface area (Å²) < 4.78 is 15.3. The minimum Gasteiger partial charge on any atom is -0.360 e. The molecular formula is C16H19FN4S. The number of anilines is 1. The van der Waals surface area contributed by atoms with Crippen LogP contribution >= 0.6 is 12.2 Å². The van der Waals surface area contributed by atoms with Crippen molar-refractivity contribution in [3.05, 3.63) is 47.9 Å². The van der Waals surface area contributed by atoms with E-state index in [1.54, 1.807) is 16.8 Å². The Morgan fingerprint density at radius 3 is 2.82 bits per heavy atom.